The van der Waals surface area contributed by atoms with Gasteiger partial charge in [0.1, 0.15) is 5.75 Å². The van der Waals surface area contributed by atoms with Crippen molar-refractivity contribution in [3.8, 4) is 5.75 Å². The Labute approximate surface area is 72.8 Å². The minimum Gasteiger partial charge on any atom is -0.493 e. The molecule has 0 saturated heterocycles. The molecule has 0 aliphatic carbocycles. The summed E-state index contributed by atoms with van der Waals surface area (Å²) in [7, 11) is 0. The lowest BCUT2D eigenvalue weighted by molar-refractivity contribution is 0.0828. The van der Waals surface area contributed by atoms with Crippen LogP contribution in [0.2, 0.25) is 0 Å². The van der Waals surface area contributed by atoms with Gasteiger partial charge in [0, 0.05) is 6.42 Å². The van der Waals surface area contributed by atoms with E-state index < -0.39 is 6.10 Å². The van der Waals surface area contributed by atoms with Gasteiger partial charge >= 0.3 is 0 Å². The van der Waals surface area contributed by atoms with Crippen LogP contribution in [0.5, 0.6) is 5.75 Å². The second-order valence-corrected chi connectivity index (χ2v) is 2.76. The third-order valence-electron chi connectivity index (χ3n) is 1.54. The van der Waals surface area contributed by atoms with E-state index in [4.69, 9.17) is 4.74 Å². The topological polar surface area (TPSA) is 29.1 Å². The first-order valence-electron chi connectivity index (χ1n) is 4.12. The molecule has 0 aliphatic rings. The first-order chi connectivity index (χ1) is 5.79. The van der Waals surface area contributed by atoms with E-state index in [1.807, 2.05) is 30.3 Å². The zero-order valence-corrected chi connectivity index (χ0v) is 7.19. The molecule has 2 nitrogen and oxygen atoms in total. The molecule has 1 aromatic rings. The van der Waals surface area contributed by atoms with E-state index >= 15 is 0 Å². The minimum atomic E-state index is -0.534. The molecule has 0 spiro atoms. The quantitative estimate of drug-likeness (QED) is 0.672. The van der Waals surface area contributed by atoms with Gasteiger partial charge in [-0.25, -0.2) is 5.11 Å². The Bertz CT molecular complexity index is 206. The largest absolute Gasteiger partial charge is 0.493 e. The maximum atomic E-state index is 10.6. The van der Waals surface area contributed by atoms with E-state index in [9.17, 15) is 5.11 Å². The predicted molar refractivity (Wildman–Crippen MR) is 46.7 cm³/mol. The molecular weight excluding hydrogens is 152 g/mol. The Balaban J connectivity index is 2.25. The molecule has 1 aromatic carbocycles. The van der Waals surface area contributed by atoms with Crippen molar-refractivity contribution >= 4 is 0 Å². The average molecular weight is 165 g/mol. The number of benzene rings is 1. The Kier molecular flexibility index (Phi) is 3.61. The minimum absolute atomic E-state index is 0.509. The number of rotatable bonds is 4. The first kappa shape index (κ1) is 9.07. The molecule has 0 saturated carbocycles. The van der Waals surface area contributed by atoms with Crippen molar-refractivity contribution in [3.63, 3.8) is 0 Å². The summed E-state index contributed by atoms with van der Waals surface area (Å²) >= 11 is 0. The van der Waals surface area contributed by atoms with E-state index in [1.54, 1.807) is 6.92 Å². The van der Waals surface area contributed by atoms with Crippen molar-refractivity contribution in [2.75, 3.05) is 6.61 Å². The molecule has 0 fully saturated rings. The molecule has 0 heterocycles. The van der Waals surface area contributed by atoms with Gasteiger partial charge in [-0.1, -0.05) is 18.2 Å². The van der Waals surface area contributed by atoms with Gasteiger partial charge in [-0.2, -0.15) is 0 Å². The summed E-state index contributed by atoms with van der Waals surface area (Å²) in [5.41, 5.74) is 0. The summed E-state index contributed by atoms with van der Waals surface area (Å²) in [5.74, 6) is 0.832. The van der Waals surface area contributed by atoms with Gasteiger partial charge in [-0.3, -0.25) is 0 Å². The van der Waals surface area contributed by atoms with Crippen LogP contribution in [0, 0.1) is 0 Å². The summed E-state index contributed by atoms with van der Waals surface area (Å²) in [5, 5.41) is 10.6. The van der Waals surface area contributed by atoms with Crippen LogP contribution in [-0.4, -0.2) is 12.7 Å². The first-order valence-corrected chi connectivity index (χ1v) is 4.12. The maximum absolute atomic E-state index is 10.6. The van der Waals surface area contributed by atoms with Crippen molar-refractivity contribution in [2.24, 2.45) is 0 Å². The van der Waals surface area contributed by atoms with Crippen LogP contribution in [-0.2, 0) is 5.11 Å². The van der Waals surface area contributed by atoms with Crippen molar-refractivity contribution in [1.82, 2.24) is 0 Å². The molecule has 12 heavy (non-hydrogen) atoms. The van der Waals surface area contributed by atoms with Crippen molar-refractivity contribution < 1.29 is 9.84 Å². The highest BCUT2D eigenvalue weighted by Crippen LogP contribution is 2.08. The lowest BCUT2D eigenvalue weighted by Gasteiger charge is -2.05. The third-order valence-corrected chi connectivity index (χ3v) is 1.54. The monoisotopic (exact) mass is 165 g/mol. The van der Waals surface area contributed by atoms with Gasteiger partial charge in [-0.05, 0) is 19.1 Å². The number of hydrogen-bond donors (Lipinski definition) is 0. The van der Waals surface area contributed by atoms with Crippen molar-refractivity contribution in [3.05, 3.63) is 30.3 Å². The fraction of sp³-hybridized carbons (Fsp3) is 0.400. The molecule has 0 bridgehead atoms. The molecule has 65 valence electrons. The second-order valence-electron chi connectivity index (χ2n) is 2.76. The molecule has 1 rings (SSSR count). The summed E-state index contributed by atoms with van der Waals surface area (Å²) in [6.07, 6.45) is 0.0308. The van der Waals surface area contributed by atoms with E-state index in [0.29, 0.717) is 13.0 Å². The van der Waals surface area contributed by atoms with Crippen LogP contribution in [0.1, 0.15) is 13.3 Å². The van der Waals surface area contributed by atoms with Gasteiger partial charge < -0.3 is 4.74 Å². The average Bonchev–Trinajstić information content (AvgIpc) is 2.05. The Morgan fingerprint density at radius 2 is 2.00 bits per heavy atom. The Morgan fingerprint density at radius 3 is 2.58 bits per heavy atom. The van der Waals surface area contributed by atoms with E-state index in [-0.39, 0.29) is 0 Å². The van der Waals surface area contributed by atoms with Gasteiger partial charge in [-0.15, -0.1) is 0 Å². The lowest BCUT2D eigenvalue weighted by Crippen LogP contribution is -2.05. The van der Waals surface area contributed by atoms with Crippen LogP contribution < -0.4 is 4.74 Å². The zero-order chi connectivity index (χ0) is 8.81. The molecule has 0 amide bonds. The van der Waals surface area contributed by atoms with Crippen LogP contribution in [0.25, 0.3) is 0 Å². The van der Waals surface area contributed by atoms with Gasteiger partial charge in [0.15, 0.2) is 0 Å². The van der Waals surface area contributed by atoms with E-state index in [2.05, 4.69) is 0 Å². The normalized spacial score (nSPS) is 12.5. The highest BCUT2D eigenvalue weighted by atomic mass is 16.5. The van der Waals surface area contributed by atoms with Gasteiger partial charge in [0.2, 0.25) is 0 Å². The molecule has 1 radical (unpaired) electrons. The SMILES string of the molecule is CC([O])CCOc1ccccc1. The smallest absolute Gasteiger partial charge is 0.119 e. The van der Waals surface area contributed by atoms with E-state index in [0.717, 1.165) is 5.75 Å². The molecule has 1 unspecified atom stereocenters. The van der Waals surface area contributed by atoms with Gasteiger partial charge in [0.05, 0.1) is 12.7 Å². The highest BCUT2D eigenvalue weighted by molar-refractivity contribution is 5.20. The van der Waals surface area contributed by atoms with Gasteiger partial charge in [0.25, 0.3) is 0 Å². The zero-order valence-electron chi connectivity index (χ0n) is 7.19. The summed E-state index contributed by atoms with van der Waals surface area (Å²) < 4.78 is 5.32. The molecule has 0 N–H and O–H groups in total. The molecule has 2 heteroatoms. The summed E-state index contributed by atoms with van der Waals surface area (Å²) in [6, 6.07) is 9.53. The summed E-state index contributed by atoms with van der Waals surface area (Å²) in [6.45, 7) is 2.16. The third kappa shape index (κ3) is 3.39. The maximum Gasteiger partial charge on any atom is 0.119 e. The van der Waals surface area contributed by atoms with E-state index in [1.165, 1.54) is 0 Å². The molecule has 1 atom stereocenters. The van der Waals surface area contributed by atoms with Crippen LogP contribution in [0.15, 0.2) is 30.3 Å². The molecular formula is C10H13O2. The summed E-state index contributed by atoms with van der Waals surface area (Å²) in [4.78, 5) is 0. The van der Waals surface area contributed by atoms with Crippen LogP contribution in [0.4, 0.5) is 0 Å². The van der Waals surface area contributed by atoms with Crippen LogP contribution >= 0.6 is 0 Å². The molecule has 0 aliphatic heterocycles. The van der Waals surface area contributed by atoms with Crippen molar-refractivity contribution in [2.45, 2.75) is 19.4 Å². The predicted octanol–water partition coefficient (Wildman–Crippen LogP) is 2.27. The number of ether oxygens (including phenoxy) is 1. The number of para-hydroxylation sites is 1. The Hall–Kier alpha value is -1.02. The fourth-order valence-corrected chi connectivity index (χ4v) is 0.859. The van der Waals surface area contributed by atoms with Crippen LogP contribution in [0.3, 0.4) is 0 Å². The second kappa shape index (κ2) is 4.78. The fourth-order valence-electron chi connectivity index (χ4n) is 0.859. The lowest BCUT2D eigenvalue weighted by atomic mass is 10.3. The standard InChI is InChI=1S/C10H13O2/c1-9(11)7-8-12-10-5-3-2-4-6-10/h2-6,9H,7-8H2,1H3. The highest BCUT2D eigenvalue weighted by Gasteiger charge is 1.97. The molecule has 0 aromatic heterocycles. The Morgan fingerprint density at radius 1 is 1.33 bits per heavy atom. The number of hydrogen-bond acceptors (Lipinski definition) is 1. The van der Waals surface area contributed by atoms with Crippen molar-refractivity contribution in [1.29, 1.82) is 0 Å².